The van der Waals surface area contributed by atoms with Gasteiger partial charge in [-0.2, -0.15) is 0 Å². The Bertz CT molecular complexity index is 561. The molecule has 3 rings (SSSR count). The van der Waals surface area contributed by atoms with Crippen molar-refractivity contribution in [3.63, 3.8) is 0 Å². The van der Waals surface area contributed by atoms with Gasteiger partial charge in [-0.1, -0.05) is 30.3 Å². The maximum absolute atomic E-state index is 11.9. The molecule has 0 bridgehead atoms. The summed E-state index contributed by atoms with van der Waals surface area (Å²) >= 11 is 0. The monoisotopic (exact) mass is 255 g/mol. The minimum Gasteiger partial charge on any atom is -0.445 e. The lowest BCUT2D eigenvalue weighted by Crippen LogP contribution is -2.26. The zero-order valence-corrected chi connectivity index (χ0v) is 10.3. The van der Waals surface area contributed by atoms with Gasteiger partial charge in [0.1, 0.15) is 6.61 Å². The standard InChI is InChI=1S/C14H13N3O2/c18-14(19-10-11-4-2-1-3-5-11)17-8-12-13(9-17)16-7-6-15-12/h1-7H,8-10H2. The fourth-order valence-corrected chi connectivity index (χ4v) is 2.02. The number of carbonyl (C=O) groups excluding carboxylic acids is 1. The Morgan fingerprint density at radius 2 is 1.74 bits per heavy atom. The second kappa shape index (κ2) is 5.06. The number of nitrogens with zero attached hydrogens (tertiary/aromatic N) is 3. The van der Waals surface area contributed by atoms with Crippen molar-refractivity contribution in [2.75, 3.05) is 0 Å². The van der Waals surface area contributed by atoms with Crippen LogP contribution in [0.1, 0.15) is 17.0 Å². The lowest BCUT2D eigenvalue weighted by atomic mass is 10.2. The Hall–Kier alpha value is -2.43. The third-order valence-corrected chi connectivity index (χ3v) is 3.01. The van der Waals surface area contributed by atoms with Crippen molar-refractivity contribution < 1.29 is 9.53 Å². The van der Waals surface area contributed by atoms with Crippen LogP contribution >= 0.6 is 0 Å². The van der Waals surface area contributed by atoms with Crippen LogP contribution < -0.4 is 0 Å². The summed E-state index contributed by atoms with van der Waals surface area (Å²) in [5, 5.41) is 0. The predicted octanol–water partition coefficient (Wildman–Crippen LogP) is 2.13. The van der Waals surface area contributed by atoms with E-state index in [0.717, 1.165) is 17.0 Å². The first kappa shape index (κ1) is 11.6. The van der Waals surface area contributed by atoms with Gasteiger partial charge < -0.3 is 4.74 Å². The van der Waals surface area contributed by atoms with Gasteiger partial charge in [-0.25, -0.2) is 4.79 Å². The summed E-state index contributed by atoms with van der Waals surface area (Å²) < 4.78 is 5.27. The predicted molar refractivity (Wildman–Crippen MR) is 67.9 cm³/mol. The Morgan fingerprint density at radius 1 is 1.11 bits per heavy atom. The number of carbonyl (C=O) groups is 1. The maximum atomic E-state index is 11.9. The van der Waals surface area contributed by atoms with Gasteiger partial charge in [-0.05, 0) is 5.56 Å². The first-order valence-electron chi connectivity index (χ1n) is 6.07. The van der Waals surface area contributed by atoms with Crippen molar-refractivity contribution in [3.05, 3.63) is 59.7 Å². The van der Waals surface area contributed by atoms with Crippen LogP contribution in [0.15, 0.2) is 42.7 Å². The summed E-state index contributed by atoms with van der Waals surface area (Å²) in [6, 6.07) is 9.62. The summed E-state index contributed by atoms with van der Waals surface area (Å²) in [5.41, 5.74) is 2.67. The van der Waals surface area contributed by atoms with E-state index < -0.39 is 0 Å². The molecule has 1 aromatic carbocycles. The van der Waals surface area contributed by atoms with E-state index in [2.05, 4.69) is 9.97 Å². The number of aromatic nitrogens is 2. The summed E-state index contributed by atoms with van der Waals surface area (Å²) in [4.78, 5) is 21.9. The number of benzene rings is 1. The number of hydrogen-bond donors (Lipinski definition) is 0. The first-order valence-corrected chi connectivity index (χ1v) is 6.07. The minimum absolute atomic E-state index is 0.285. The molecule has 0 fully saturated rings. The van der Waals surface area contributed by atoms with Gasteiger partial charge in [-0.3, -0.25) is 14.9 Å². The summed E-state index contributed by atoms with van der Waals surface area (Å²) in [5.74, 6) is 0. The number of fused-ring (bicyclic) bond motifs is 1. The van der Waals surface area contributed by atoms with E-state index in [1.54, 1.807) is 17.3 Å². The van der Waals surface area contributed by atoms with Crippen LogP contribution in [0, 0.1) is 0 Å². The molecule has 96 valence electrons. The highest BCUT2D eigenvalue weighted by molar-refractivity contribution is 5.68. The van der Waals surface area contributed by atoms with E-state index in [4.69, 9.17) is 4.74 Å². The van der Waals surface area contributed by atoms with Crippen molar-refractivity contribution in [2.45, 2.75) is 19.7 Å². The number of ether oxygens (including phenoxy) is 1. The average molecular weight is 255 g/mol. The van der Waals surface area contributed by atoms with E-state index in [9.17, 15) is 4.79 Å². The normalized spacial score (nSPS) is 13.2. The highest BCUT2D eigenvalue weighted by Crippen LogP contribution is 2.19. The highest BCUT2D eigenvalue weighted by Gasteiger charge is 2.26. The molecule has 0 radical (unpaired) electrons. The van der Waals surface area contributed by atoms with Gasteiger partial charge in [0.2, 0.25) is 0 Å². The van der Waals surface area contributed by atoms with Crippen molar-refractivity contribution in [1.82, 2.24) is 14.9 Å². The zero-order chi connectivity index (χ0) is 13.1. The smallest absolute Gasteiger partial charge is 0.410 e. The van der Waals surface area contributed by atoms with Crippen LogP contribution in [0.25, 0.3) is 0 Å². The molecule has 5 nitrogen and oxygen atoms in total. The van der Waals surface area contributed by atoms with Crippen LogP contribution in [-0.2, 0) is 24.4 Å². The minimum atomic E-state index is -0.330. The van der Waals surface area contributed by atoms with Gasteiger partial charge in [0.25, 0.3) is 0 Å². The largest absolute Gasteiger partial charge is 0.445 e. The molecule has 0 saturated heterocycles. The lowest BCUT2D eigenvalue weighted by molar-refractivity contribution is 0.0951. The van der Waals surface area contributed by atoms with E-state index in [0.29, 0.717) is 13.1 Å². The van der Waals surface area contributed by atoms with Crippen LogP contribution in [0.5, 0.6) is 0 Å². The van der Waals surface area contributed by atoms with Crippen LogP contribution in [0.4, 0.5) is 4.79 Å². The molecule has 1 amide bonds. The van der Waals surface area contributed by atoms with E-state index in [1.807, 2.05) is 30.3 Å². The quantitative estimate of drug-likeness (QED) is 0.825. The van der Waals surface area contributed by atoms with Gasteiger partial charge in [-0.15, -0.1) is 0 Å². The highest BCUT2D eigenvalue weighted by atomic mass is 16.6. The van der Waals surface area contributed by atoms with Crippen LogP contribution in [-0.4, -0.2) is 21.0 Å². The fourth-order valence-electron chi connectivity index (χ4n) is 2.02. The molecule has 0 atom stereocenters. The van der Waals surface area contributed by atoms with E-state index >= 15 is 0 Å². The SMILES string of the molecule is O=C(OCc1ccccc1)N1Cc2nccnc2C1. The van der Waals surface area contributed by atoms with Crippen molar-refractivity contribution in [1.29, 1.82) is 0 Å². The van der Waals surface area contributed by atoms with Gasteiger partial charge in [0.15, 0.2) is 0 Å². The second-order valence-corrected chi connectivity index (χ2v) is 4.35. The molecule has 5 heteroatoms. The lowest BCUT2D eigenvalue weighted by Gasteiger charge is -2.14. The summed E-state index contributed by atoms with van der Waals surface area (Å²) in [7, 11) is 0. The van der Waals surface area contributed by atoms with Gasteiger partial charge in [0, 0.05) is 12.4 Å². The van der Waals surface area contributed by atoms with Crippen molar-refractivity contribution in [2.24, 2.45) is 0 Å². The molecule has 1 aliphatic heterocycles. The molecule has 2 aromatic rings. The molecular weight excluding hydrogens is 242 g/mol. The molecule has 0 N–H and O–H groups in total. The third kappa shape index (κ3) is 2.54. The second-order valence-electron chi connectivity index (χ2n) is 4.35. The zero-order valence-electron chi connectivity index (χ0n) is 10.3. The molecule has 1 aliphatic rings. The maximum Gasteiger partial charge on any atom is 0.410 e. The molecule has 1 aromatic heterocycles. The molecule has 19 heavy (non-hydrogen) atoms. The number of hydrogen-bond acceptors (Lipinski definition) is 4. The Kier molecular flexibility index (Phi) is 3.10. The number of amides is 1. The Morgan fingerprint density at radius 3 is 2.37 bits per heavy atom. The molecule has 0 saturated carbocycles. The van der Waals surface area contributed by atoms with Crippen LogP contribution in [0.2, 0.25) is 0 Å². The molecule has 2 heterocycles. The van der Waals surface area contributed by atoms with E-state index in [1.165, 1.54) is 0 Å². The third-order valence-electron chi connectivity index (χ3n) is 3.01. The summed E-state index contributed by atoms with van der Waals surface area (Å²) in [6.07, 6.45) is 2.94. The first-order chi connectivity index (χ1) is 9.33. The Balaban J connectivity index is 1.58. The van der Waals surface area contributed by atoms with Gasteiger partial charge >= 0.3 is 6.09 Å². The molecular formula is C14H13N3O2. The van der Waals surface area contributed by atoms with Crippen molar-refractivity contribution >= 4 is 6.09 Å². The molecule has 0 spiro atoms. The summed E-state index contributed by atoms with van der Waals surface area (Å²) in [6.45, 7) is 1.22. The Labute approximate surface area is 110 Å². The fraction of sp³-hybridized carbons (Fsp3) is 0.214. The molecule has 0 unspecified atom stereocenters. The van der Waals surface area contributed by atoms with Gasteiger partial charge in [0.05, 0.1) is 24.5 Å². The number of rotatable bonds is 2. The van der Waals surface area contributed by atoms with E-state index in [-0.39, 0.29) is 12.7 Å². The topological polar surface area (TPSA) is 55.3 Å². The average Bonchev–Trinajstić information content (AvgIpc) is 2.90. The van der Waals surface area contributed by atoms with Crippen LogP contribution in [0.3, 0.4) is 0 Å². The molecule has 0 aliphatic carbocycles. The van der Waals surface area contributed by atoms with Crippen molar-refractivity contribution in [3.8, 4) is 0 Å².